The standard InChI is InChI=1S/C14H29N3O2S/c1-16(12-14-7-3-4-8-15-14)10-13-6-5-9-17(11-13)20(2,18)19/h13-15H,3-12H2,1-2H3. The van der Waals surface area contributed by atoms with Crippen LogP contribution in [0.4, 0.5) is 0 Å². The van der Waals surface area contributed by atoms with Crippen molar-refractivity contribution < 1.29 is 8.42 Å². The molecular formula is C14H29N3O2S. The topological polar surface area (TPSA) is 52.7 Å². The number of piperidine rings is 2. The maximum atomic E-state index is 11.6. The summed E-state index contributed by atoms with van der Waals surface area (Å²) in [6.45, 7) is 4.62. The lowest BCUT2D eigenvalue weighted by atomic mass is 9.98. The first-order valence-corrected chi connectivity index (χ1v) is 9.67. The Hall–Kier alpha value is -0.170. The molecule has 2 atom stereocenters. The Labute approximate surface area is 123 Å². The summed E-state index contributed by atoms with van der Waals surface area (Å²) in [6, 6.07) is 0.614. The van der Waals surface area contributed by atoms with Crippen LogP contribution in [0, 0.1) is 5.92 Å². The molecule has 1 N–H and O–H groups in total. The van der Waals surface area contributed by atoms with Crippen LogP contribution < -0.4 is 5.32 Å². The van der Waals surface area contributed by atoms with Gasteiger partial charge in [0.05, 0.1) is 6.26 Å². The summed E-state index contributed by atoms with van der Waals surface area (Å²) in [5, 5.41) is 3.57. The van der Waals surface area contributed by atoms with Crippen molar-refractivity contribution in [3.8, 4) is 0 Å². The van der Waals surface area contributed by atoms with Crippen LogP contribution in [-0.4, -0.2) is 69.7 Å². The van der Waals surface area contributed by atoms with E-state index in [9.17, 15) is 8.42 Å². The zero-order valence-corrected chi connectivity index (χ0v) is 13.7. The van der Waals surface area contributed by atoms with Crippen LogP contribution >= 0.6 is 0 Å². The normalized spacial score (nSPS) is 29.8. The highest BCUT2D eigenvalue weighted by Gasteiger charge is 2.27. The Balaban J connectivity index is 1.77. The van der Waals surface area contributed by atoms with E-state index in [1.807, 2.05) is 0 Å². The van der Waals surface area contributed by atoms with E-state index in [2.05, 4.69) is 17.3 Å². The summed E-state index contributed by atoms with van der Waals surface area (Å²) in [7, 11) is -0.857. The molecule has 0 aromatic heterocycles. The van der Waals surface area contributed by atoms with Gasteiger partial charge in [-0.25, -0.2) is 12.7 Å². The van der Waals surface area contributed by atoms with Crippen LogP contribution in [0.2, 0.25) is 0 Å². The van der Waals surface area contributed by atoms with Gasteiger partial charge in [-0.2, -0.15) is 0 Å². The Morgan fingerprint density at radius 1 is 1.20 bits per heavy atom. The van der Waals surface area contributed by atoms with Crippen LogP contribution in [0.5, 0.6) is 0 Å². The number of hydrogen-bond acceptors (Lipinski definition) is 4. The third kappa shape index (κ3) is 4.98. The molecule has 0 bridgehead atoms. The average Bonchev–Trinajstić information content (AvgIpc) is 2.39. The predicted octanol–water partition coefficient (Wildman–Crippen LogP) is 0.732. The molecule has 0 amide bonds. The van der Waals surface area contributed by atoms with Crippen LogP contribution in [0.15, 0.2) is 0 Å². The molecule has 2 rings (SSSR count). The molecular weight excluding hydrogens is 274 g/mol. The molecule has 118 valence electrons. The van der Waals surface area contributed by atoms with Gasteiger partial charge in [0.25, 0.3) is 0 Å². The number of nitrogens with one attached hydrogen (secondary N) is 1. The Kier molecular flexibility index (Phi) is 5.84. The number of nitrogens with zero attached hydrogens (tertiary/aromatic N) is 2. The first-order valence-electron chi connectivity index (χ1n) is 7.82. The number of likely N-dealkylation sites (N-methyl/N-ethyl adjacent to an activating group) is 1. The second-order valence-corrected chi connectivity index (χ2v) is 8.48. The van der Waals surface area contributed by atoms with Gasteiger partial charge in [-0.05, 0) is 45.2 Å². The lowest BCUT2D eigenvalue weighted by molar-refractivity contribution is 0.183. The molecule has 0 saturated carbocycles. The monoisotopic (exact) mass is 303 g/mol. The molecule has 2 aliphatic rings. The molecule has 2 saturated heterocycles. The van der Waals surface area contributed by atoms with E-state index in [1.54, 1.807) is 4.31 Å². The van der Waals surface area contributed by atoms with Crippen molar-refractivity contribution in [1.29, 1.82) is 0 Å². The third-order valence-corrected chi connectivity index (χ3v) is 5.73. The minimum Gasteiger partial charge on any atom is -0.313 e. The van der Waals surface area contributed by atoms with Gasteiger partial charge in [0.15, 0.2) is 0 Å². The minimum atomic E-state index is -3.02. The van der Waals surface area contributed by atoms with Gasteiger partial charge in [0.1, 0.15) is 0 Å². The molecule has 2 fully saturated rings. The van der Waals surface area contributed by atoms with E-state index >= 15 is 0 Å². The van der Waals surface area contributed by atoms with Crippen LogP contribution in [0.1, 0.15) is 32.1 Å². The molecule has 6 heteroatoms. The van der Waals surface area contributed by atoms with Crippen molar-refractivity contribution in [2.75, 3.05) is 46.0 Å². The summed E-state index contributed by atoms with van der Waals surface area (Å²) in [5.41, 5.74) is 0. The van der Waals surface area contributed by atoms with E-state index < -0.39 is 10.0 Å². The number of hydrogen-bond donors (Lipinski definition) is 1. The van der Waals surface area contributed by atoms with Crippen molar-refractivity contribution in [2.45, 2.75) is 38.1 Å². The van der Waals surface area contributed by atoms with Gasteiger partial charge in [0, 0.05) is 32.2 Å². The van der Waals surface area contributed by atoms with E-state index in [4.69, 9.17) is 0 Å². The van der Waals surface area contributed by atoms with Gasteiger partial charge in [-0.1, -0.05) is 6.42 Å². The lowest BCUT2D eigenvalue weighted by Gasteiger charge is -2.35. The van der Waals surface area contributed by atoms with Crippen molar-refractivity contribution in [3.63, 3.8) is 0 Å². The molecule has 20 heavy (non-hydrogen) atoms. The summed E-state index contributed by atoms with van der Waals surface area (Å²) in [4.78, 5) is 2.37. The fraction of sp³-hybridized carbons (Fsp3) is 1.00. The minimum absolute atomic E-state index is 0.479. The van der Waals surface area contributed by atoms with E-state index in [1.165, 1.54) is 25.5 Å². The van der Waals surface area contributed by atoms with E-state index in [-0.39, 0.29) is 0 Å². The van der Waals surface area contributed by atoms with Gasteiger partial charge >= 0.3 is 0 Å². The second-order valence-electron chi connectivity index (χ2n) is 6.50. The molecule has 2 heterocycles. The summed E-state index contributed by atoms with van der Waals surface area (Å²) < 4.78 is 24.9. The molecule has 5 nitrogen and oxygen atoms in total. The highest BCUT2D eigenvalue weighted by molar-refractivity contribution is 7.88. The summed E-state index contributed by atoms with van der Waals surface area (Å²) >= 11 is 0. The maximum Gasteiger partial charge on any atom is 0.211 e. The SMILES string of the molecule is CN(CC1CCCN(S(C)(=O)=O)C1)CC1CCCCN1. The van der Waals surface area contributed by atoms with Crippen LogP contribution in [0.25, 0.3) is 0 Å². The predicted molar refractivity (Wildman–Crippen MR) is 82.3 cm³/mol. The van der Waals surface area contributed by atoms with Crippen LogP contribution in [0.3, 0.4) is 0 Å². The first-order chi connectivity index (χ1) is 9.45. The Morgan fingerprint density at radius 3 is 2.65 bits per heavy atom. The molecule has 0 aromatic carbocycles. The van der Waals surface area contributed by atoms with Crippen molar-refractivity contribution in [2.24, 2.45) is 5.92 Å². The Bertz CT molecular complexity index is 393. The van der Waals surface area contributed by atoms with Crippen molar-refractivity contribution in [1.82, 2.24) is 14.5 Å². The van der Waals surface area contributed by atoms with Crippen molar-refractivity contribution >= 4 is 10.0 Å². The fourth-order valence-corrected chi connectivity index (χ4v) is 4.39. The van der Waals surface area contributed by atoms with Crippen molar-refractivity contribution in [3.05, 3.63) is 0 Å². The average molecular weight is 303 g/mol. The van der Waals surface area contributed by atoms with E-state index in [0.717, 1.165) is 32.5 Å². The first kappa shape index (κ1) is 16.2. The van der Waals surface area contributed by atoms with Gasteiger partial charge in [0.2, 0.25) is 10.0 Å². The lowest BCUT2D eigenvalue weighted by Crippen LogP contribution is -2.46. The van der Waals surface area contributed by atoms with E-state index in [0.29, 0.717) is 25.0 Å². The zero-order chi connectivity index (χ0) is 14.6. The number of rotatable bonds is 5. The highest BCUT2D eigenvalue weighted by atomic mass is 32.2. The van der Waals surface area contributed by atoms with Crippen LogP contribution in [-0.2, 0) is 10.0 Å². The molecule has 2 aliphatic heterocycles. The van der Waals surface area contributed by atoms with Gasteiger partial charge in [-0.15, -0.1) is 0 Å². The molecule has 0 aliphatic carbocycles. The zero-order valence-electron chi connectivity index (χ0n) is 12.8. The largest absolute Gasteiger partial charge is 0.313 e. The maximum absolute atomic E-state index is 11.6. The summed E-state index contributed by atoms with van der Waals surface area (Å²) in [6.07, 6.45) is 7.36. The Morgan fingerprint density at radius 2 is 2.00 bits per heavy atom. The molecule has 0 aromatic rings. The van der Waals surface area contributed by atoms with Gasteiger partial charge in [-0.3, -0.25) is 0 Å². The van der Waals surface area contributed by atoms with Gasteiger partial charge < -0.3 is 10.2 Å². The molecule has 0 radical (unpaired) electrons. The number of sulfonamides is 1. The molecule has 2 unspecified atom stereocenters. The third-order valence-electron chi connectivity index (χ3n) is 4.47. The molecule has 0 spiro atoms. The fourth-order valence-electron chi connectivity index (χ4n) is 3.45. The second kappa shape index (κ2) is 7.20. The summed E-state index contributed by atoms with van der Waals surface area (Å²) in [5.74, 6) is 0.479. The highest BCUT2D eigenvalue weighted by Crippen LogP contribution is 2.19. The smallest absolute Gasteiger partial charge is 0.211 e. The quantitative estimate of drug-likeness (QED) is 0.814.